The first-order chi connectivity index (χ1) is 7.33. The summed E-state index contributed by atoms with van der Waals surface area (Å²) in [5, 5.41) is 3.41. The molecule has 1 aliphatic rings. The van der Waals surface area contributed by atoms with Crippen LogP contribution < -0.4 is 10.0 Å². The van der Waals surface area contributed by atoms with E-state index >= 15 is 0 Å². The van der Waals surface area contributed by atoms with E-state index in [1.165, 1.54) is 12.8 Å². The molecule has 0 amide bonds. The summed E-state index contributed by atoms with van der Waals surface area (Å²) in [6.45, 7) is 6.75. The van der Waals surface area contributed by atoms with Gasteiger partial charge < -0.3 is 5.32 Å². The zero-order chi connectivity index (χ0) is 12.2. The van der Waals surface area contributed by atoms with Crippen LogP contribution in [-0.4, -0.2) is 32.3 Å². The number of nitrogens with one attached hydrogen (secondary N) is 2. The minimum absolute atomic E-state index is 0.483. The predicted octanol–water partition coefficient (Wildman–Crippen LogP) is 1.24. The highest BCUT2D eigenvalue weighted by Gasteiger charge is 2.28. The zero-order valence-corrected chi connectivity index (χ0v) is 11.4. The molecule has 1 fully saturated rings. The first-order valence-corrected chi connectivity index (χ1v) is 7.54. The van der Waals surface area contributed by atoms with Crippen molar-refractivity contribution in [3.05, 3.63) is 0 Å². The number of rotatable bonds is 4. The Balaban J connectivity index is 2.29. The molecule has 0 saturated carbocycles. The zero-order valence-electron chi connectivity index (χ0n) is 10.5. The highest BCUT2D eigenvalue weighted by Crippen LogP contribution is 2.14. The molecule has 0 bridgehead atoms. The third kappa shape index (κ3) is 4.03. The fraction of sp³-hybridized carbons (Fsp3) is 1.00. The minimum atomic E-state index is -3.18. The Morgan fingerprint density at radius 2 is 2.00 bits per heavy atom. The van der Waals surface area contributed by atoms with Crippen molar-refractivity contribution in [3.8, 4) is 0 Å². The SMILES string of the molecule is CC(C)(C)S(=O)(=O)NCCC1CCCCN1. The molecule has 1 heterocycles. The van der Waals surface area contributed by atoms with Crippen LogP contribution in [0.15, 0.2) is 0 Å². The van der Waals surface area contributed by atoms with E-state index in [0.717, 1.165) is 19.4 Å². The molecule has 1 atom stereocenters. The Hall–Kier alpha value is -0.130. The van der Waals surface area contributed by atoms with Gasteiger partial charge in [0.25, 0.3) is 0 Å². The highest BCUT2D eigenvalue weighted by atomic mass is 32.2. The van der Waals surface area contributed by atoms with Gasteiger partial charge in [0.1, 0.15) is 0 Å². The molecule has 0 aliphatic carbocycles. The van der Waals surface area contributed by atoms with E-state index in [4.69, 9.17) is 0 Å². The molecule has 1 saturated heterocycles. The molecule has 0 aromatic heterocycles. The van der Waals surface area contributed by atoms with Crippen molar-refractivity contribution >= 4 is 10.0 Å². The molecular formula is C11H24N2O2S. The lowest BCUT2D eigenvalue weighted by Crippen LogP contribution is -2.42. The van der Waals surface area contributed by atoms with Crippen LogP contribution in [0.2, 0.25) is 0 Å². The van der Waals surface area contributed by atoms with Crippen molar-refractivity contribution in [1.82, 2.24) is 10.0 Å². The summed E-state index contributed by atoms with van der Waals surface area (Å²) in [7, 11) is -3.18. The summed E-state index contributed by atoms with van der Waals surface area (Å²) >= 11 is 0. The monoisotopic (exact) mass is 248 g/mol. The van der Waals surface area contributed by atoms with Crippen LogP contribution in [0.5, 0.6) is 0 Å². The first kappa shape index (κ1) is 13.9. The second kappa shape index (κ2) is 5.47. The molecule has 1 rings (SSSR count). The Bertz CT molecular complexity index is 300. The van der Waals surface area contributed by atoms with Crippen LogP contribution in [0.25, 0.3) is 0 Å². The van der Waals surface area contributed by atoms with Gasteiger partial charge in [-0.1, -0.05) is 6.42 Å². The highest BCUT2D eigenvalue weighted by molar-refractivity contribution is 7.90. The van der Waals surface area contributed by atoms with Gasteiger partial charge in [0, 0.05) is 12.6 Å². The van der Waals surface area contributed by atoms with E-state index in [2.05, 4.69) is 10.0 Å². The van der Waals surface area contributed by atoms with Gasteiger partial charge in [-0.2, -0.15) is 0 Å². The number of piperidine rings is 1. The molecular weight excluding hydrogens is 224 g/mol. The van der Waals surface area contributed by atoms with E-state index in [9.17, 15) is 8.42 Å². The molecule has 4 nitrogen and oxygen atoms in total. The molecule has 0 spiro atoms. The Kier molecular flexibility index (Phi) is 4.76. The number of sulfonamides is 1. The van der Waals surface area contributed by atoms with Crippen LogP contribution in [0.1, 0.15) is 46.5 Å². The third-order valence-electron chi connectivity index (χ3n) is 3.00. The fourth-order valence-electron chi connectivity index (χ4n) is 1.75. The summed E-state index contributed by atoms with van der Waals surface area (Å²) in [6.07, 6.45) is 4.54. The Labute approximate surface area is 99.2 Å². The second-order valence-electron chi connectivity index (χ2n) is 5.45. The molecule has 0 aromatic carbocycles. The van der Waals surface area contributed by atoms with Gasteiger partial charge in [-0.3, -0.25) is 0 Å². The lowest BCUT2D eigenvalue weighted by Gasteiger charge is -2.25. The van der Waals surface area contributed by atoms with Gasteiger partial charge in [-0.25, -0.2) is 13.1 Å². The van der Waals surface area contributed by atoms with Gasteiger partial charge in [-0.05, 0) is 46.6 Å². The molecule has 1 unspecified atom stereocenters. The third-order valence-corrected chi connectivity index (χ3v) is 5.20. The summed E-state index contributed by atoms with van der Waals surface area (Å²) in [5.41, 5.74) is 0. The quantitative estimate of drug-likeness (QED) is 0.787. The van der Waals surface area contributed by atoms with Crippen molar-refractivity contribution in [3.63, 3.8) is 0 Å². The molecule has 1 aliphatic heterocycles. The van der Waals surface area contributed by atoms with Crippen molar-refractivity contribution in [2.24, 2.45) is 0 Å². The fourth-order valence-corrected chi connectivity index (χ4v) is 2.57. The van der Waals surface area contributed by atoms with Gasteiger partial charge in [0.15, 0.2) is 0 Å². The molecule has 5 heteroatoms. The largest absolute Gasteiger partial charge is 0.314 e. The lowest BCUT2D eigenvalue weighted by atomic mass is 10.0. The predicted molar refractivity (Wildman–Crippen MR) is 66.9 cm³/mol. The maximum absolute atomic E-state index is 11.8. The molecule has 0 radical (unpaired) electrons. The summed E-state index contributed by atoms with van der Waals surface area (Å²) in [6, 6.07) is 0.483. The van der Waals surface area contributed by atoms with E-state index in [1.807, 2.05) is 0 Å². The van der Waals surface area contributed by atoms with Crippen LogP contribution >= 0.6 is 0 Å². The summed E-state index contributed by atoms with van der Waals surface area (Å²) < 4.78 is 25.5. The van der Waals surface area contributed by atoms with Crippen molar-refractivity contribution < 1.29 is 8.42 Å². The maximum Gasteiger partial charge on any atom is 0.216 e. The number of hydrogen-bond acceptors (Lipinski definition) is 3. The Morgan fingerprint density at radius 3 is 2.50 bits per heavy atom. The standard InChI is InChI=1S/C11H24N2O2S/c1-11(2,3)16(14,15)13-9-7-10-6-4-5-8-12-10/h10,12-13H,4-9H2,1-3H3. The maximum atomic E-state index is 11.8. The van der Waals surface area contributed by atoms with Gasteiger partial charge in [0.2, 0.25) is 10.0 Å². The van der Waals surface area contributed by atoms with Crippen LogP contribution in [0, 0.1) is 0 Å². The summed E-state index contributed by atoms with van der Waals surface area (Å²) in [4.78, 5) is 0. The molecule has 16 heavy (non-hydrogen) atoms. The van der Waals surface area contributed by atoms with Crippen LogP contribution in [0.3, 0.4) is 0 Å². The number of hydrogen-bond donors (Lipinski definition) is 2. The van der Waals surface area contributed by atoms with Crippen molar-refractivity contribution in [2.75, 3.05) is 13.1 Å². The topological polar surface area (TPSA) is 58.2 Å². The van der Waals surface area contributed by atoms with Crippen molar-refractivity contribution in [1.29, 1.82) is 0 Å². The smallest absolute Gasteiger partial charge is 0.216 e. The van der Waals surface area contributed by atoms with Gasteiger partial charge in [0.05, 0.1) is 4.75 Å². The van der Waals surface area contributed by atoms with Crippen LogP contribution in [-0.2, 0) is 10.0 Å². The van der Waals surface area contributed by atoms with Gasteiger partial charge >= 0.3 is 0 Å². The van der Waals surface area contributed by atoms with E-state index in [-0.39, 0.29) is 0 Å². The summed E-state index contributed by atoms with van der Waals surface area (Å²) in [5.74, 6) is 0. The Morgan fingerprint density at radius 1 is 1.31 bits per heavy atom. The first-order valence-electron chi connectivity index (χ1n) is 6.05. The van der Waals surface area contributed by atoms with E-state index in [0.29, 0.717) is 12.6 Å². The van der Waals surface area contributed by atoms with Crippen LogP contribution in [0.4, 0.5) is 0 Å². The van der Waals surface area contributed by atoms with Crippen molar-refractivity contribution in [2.45, 2.75) is 57.2 Å². The normalized spacial score (nSPS) is 23.3. The van der Waals surface area contributed by atoms with Gasteiger partial charge in [-0.15, -0.1) is 0 Å². The second-order valence-corrected chi connectivity index (χ2v) is 7.97. The van der Waals surface area contributed by atoms with E-state index in [1.54, 1.807) is 20.8 Å². The average Bonchev–Trinajstić information content (AvgIpc) is 2.17. The molecule has 0 aromatic rings. The lowest BCUT2D eigenvalue weighted by molar-refractivity contribution is 0.382. The van der Waals surface area contributed by atoms with E-state index < -0.39 is 14.8 Å². The molecule has 2 N–H and O–H groups in total. The minimum Gasteiger partial charge on any atom is -0.314 e. The average molecular weight is 248 g/mol. The molecule has 96 valence electrons.